The lowest BCUT2D eigenvalue weighted by Crippen LogP contribution is -2.40. The summed E-state index contributed by atoms with van der Waals surface area (Å²) in [6.07, 6.45) is 3.95. The number of hydrogen-bond donors (Lipinski definition) is 1. The van der Waals surface area contributed by atoms with Crippen molar-refractivity contribution < 1.29 is 0 Å². The summed E-state index contributed by atoms with van der Waals surface area (Å²) >= 11 is 0. The average Bonchev–Trinajstić information content (AvgIpc) is 2.74. The summed E-state index contributed by atoms with van der Waals surface area (Å²) in [6, 6.07) is 9.34. The van der Waals surface area contributed by atoms with Gasteiger partial charge in [-0.15, -0.1) is 0 Å². The van der Waals surface area contributed by atoms with Gasteiger partial charge in [-0.1, -0.05) is 25.1 Å². The normalized spacial score (nSPS) is 25.6. The standard InChI is InChI=1S/C15H22N2/c1-12-6-8-17(9-7-12)11-14-10-13-4-2-3-5-15(13)16-14/h2-5,12,14,16H,6-11H2,1H3/t14-/m1/s1. The fraction of sp³-hybridized carbons (Fsp3) is 0.600. The number of hydrogen-bond acceptors (Lipinski definition) is 2. The predicted octanol–water partition coefficient (Wildman–Crippen LogP) is 2.76. The highest BCUT2D eigenvalue weighted by Gasteiger charge is 2.24. The first-order valence-corrected chi connectivity index (χ1v) is 6.88. The van der Waals surface area contributed by atoms with Gasteiger partial charge >= 0.3 is 0 Å². The first-order chi connectivity index (χ1) is 8.31. The lowest BCUT2D eigenvalue weighted by atomic mass is 9.98. The van der Waals surface area contributed by atoms with E-state index in [4.69, 9.17) is 0 Å². The van der Waals surface area contributed by atoms with Gasteiger partial charge in [0.05, 0.1) is 0 Å². The van der Waals surface area contributed by atoms with Crippen LogP contribution in [0.1, 0.15) is 25.3 Å². The van der Waals surface area contributed by atoms with Gasteiger partial charge in [0.25, 0.3) is 0 Å². The lowest BCUT2D eigenvalue weighted by molar-refractivity contribution is 0.186. The van der Waals surface area contributed by atoms with Crippen LogP contribution >= 0.6 is 0 Å². The van der Waals surface area contributed by atoms with E-state index in [-0.39, 0.29) is 0 Å². The highest BCUT2D eigenvalue weighted by molar-refractivity contribution is 5.56. The smallest absolute Gasteiger partial charge is 0.0429 e. The molecule has 0 unspecified atom stereocenters. The molecule has 0 amide bonds. The largest absolute Gasteiger partial charge is 0.380 e. The Bertz CT molecular complexity index is 355. The maximum absolute atomic E-state index is 3.65. The molecule has 2 heteroatoms. The van der Waals surface area contributed by atoms with Crippen molar-refractivity contribution in [3.63, 3.8) is 0 Å². The molecule has 0 aromatic heterocycles. The first-order valence-electron chi connectivity index (χ1n) is 6.88. The van der Waals surface area contributed by atoms with E-state index >= 15 is 0 Å². The third-order valence-electron chi connectivity index (χ3n) is 4.20. The third-order valence-corrected chi connectivity index (χ3v) is 4.20. The molecule has 2 heterocycles. The minimum Gasteiger partial charge on any atom is -0.380 e. The molecule has 2 nitrogen and oxygen atoms in total. The van der Waals surface area contributed by atoms with E-state index < -0.39 is 0 Å². The van der Waals surface area contributed by atoms with Crippen LogP contribution in [0.2, 0.25) is 0 Å². The molecular weight excluding hydrogens is 208 g/mol. The third kappa shape index (κ3) is 2.47. The molecule has 1 N–H and O–H groups in total. The van der Waals surface area contributed by atoms with E-state index in [1.165, 1.54) is 50.1 Å². The van der Waals surface area contributed by atoms with Crippen molar-refractivity contribution in [1.29, 1.82) is 0 Å². The van der Waals surface area contributed by atoms with Crippen molar-refractivity contribution in [3.05, 3.63) is 29.8 Å². The Morgan fingerprint density at radius 3 is 2.76 bits per heavy atom. The van der Waals surface area contributed by atoms with E-state index in [9.17, 15) is 0 Å². The van der Waals surface area contributed by atoms with E-state index in [1.54, 1.807) is 0 Å². The molecular formula is C15H22N2. The molecule has 1 saturated heterocycles. The van der Waals surface area contributed by atoms with Crippen molar-refractivity contribution in [3.8, 4) is 0 Å². The minimum atomic E-state index is 0.626. The predicted molar refractivity (Wildman–Crippen MR) is 72.4 cm³/mol. The topological polar surface area (TPSA) is 15.3 Å². The molecule has 92 valence electrons. The molecule has 0 bridgehead atoms. The average molecular weight is 230 g/mol. The maximum Gasteiger partial charge on any atom is 0.0429 e. The summed E-state index contributed by atoms with van der Waals surface area (Å²) < 4.78 is 0. The van der Waals surface area contributed by atoms with Crippen LogP contribution < -0.4 is 5.32 Å². The van der Waals surface area contributed by atoms with Gasteiger partial charge in [0.15, 0.2) is 0 Å². The summed E-state index contributed by atoms with van der Waals surface area (Å²) in [4.78, 5) is 2.63. The SMILES string of the molecule is CC1CCN(C[C@H]2Cc3ccccc3N2)CC1. The van der Waals surface area contributed by atoms with Crippen LogP contribution in [0.4, 0.5) is 5.69 Å². The first kappa shape index (κ1) is 11.1. The summed E-state index contributed by atoms with van der Waals surface area (Å²) in [5.74, 6) is 0.931. The fourth-order valence-electron chi connectivity index (χ4n) is 3.04. The molecule has 0 radical (unpaired) electrons. The number of nitrogens with one attached hydrogen (secondary N) is 1. The lowest BCUT2D eigenvalue weighted by Gasteiger charge is -2.32. The molecule has 17 heavy (non-hydrogen) atoms. The van der Waals surface area contributed by atoms with Gasteiger partial charge in [0, 0.05) is 18.3 Å². The number of likely N-dealkylation sites (tertiary alicyclic amines) is 1. The van der Waals surface area contributed by atoms with Gasteiger partial charge in [-0.25, -0.2) is 0 Å². The number of rotatable bonds is 2. The zero-order valence-electron chi connectivity index (χ0n) is 10.7. The summed E-state index contributed by atoms with van der Waals surface area (Å²) in [6.45, 7) is 6.16. The molecule has 2 aliphatic rings. The van der Waals surface area contributed by atoms with Crippen LogP contribution in [-0.4, -0.2) is 30.6 Å². The Morgan fingerprint density at radius 1 is 1.24 bits per heavy atom. The Kier molecular flexibility index (Phi) is 3.06. The minimum absolute atomic E-state index is 0.626. The van der Waals surface area contributed by atoms with Gasteiger partial charge in [0.1, 0.15) is 0 Å². The quantitative estimate of drug-likeness (QED) is 0.840. The van der Waals surface area contributed by atoms with Gasteiger partial charge in [-0.05, 0) is 49.9 Å². The van der Waals surface area contributed by atoms with Gasteiger partial charge < -0.3 is 10.2 Å². The Balaban J connectivity index is 1.55. The Labute approximate surface area is 104 Å². The molecule has 1 atom stereocenters. The van der Waals surface area contributed by atoms with Crippen molar-refractivity contribution in [2.75, 3.05) is 25.0 Å². The van der Waals surface area contributed by atoms with Crippen molar-refractivity contribution >= 4 is 5.69 Å². The maximum atomic E-state index is 3.65. The fourth-order valence-corrected chi connectivity index (χ4v) is 3.04. The number of anilines is 1. The van der Waals surface area contributed by atoms with Crippen LogP contribution in [0.5, 0.6) is 0 Å². The van der Waals surface area contributed by atoms with Crippen LogP contribution in [0, 0.1) is 5.92 Å². The monoisotopic (exact) mass is 230 g/mol. The van der Waals surface area contributed by atoms with Gasteiger partial charge in [0.2, 0.25) is 0 Å². The zero-order chi connectivity index (χ0) is 11.7. The molecule has 1 fully saturated rings. The molecule has 0 aliphatic carbocycles. The van der Waals surface area contributed by atoms with Crippen LogP contribution in [-0.2, 0) is 6.42 Å². The highest BCUT2D eigenvalue weighted by atomic mass is 15.2. The van der Waals surface area contributed by atoms with Crippen LogP contribution in [0.3, 0.4) is 0 Å². The second-order valence-electron chi connectivity index (χ2n) is 5.69. The number of piperidine rings is 1. The van der Waals surface area contributed by atoms with E-state index in [0.717, 1.165) is 5.92 Å². The number of para-hydroxylation sites is 1. The summed E-state index contributed by atoms with van der Waals surface area (Å²) in [7, 11) is 0. The summed E-state index contributed by atoms with van der Waals surface area (Å²) in [5.41, 5.74) is 2.84. The number of fused-ring (bicyclic) bond motifs is 1. The second kappa shape index (κ2) is 4.69. The van der Waals surface area contributed by atoms with Crippen LogP contribution in [0.25, 0.3) is 0 Å². The number of benzene rings is 1. The zero-order valence-corrected chi connectivity index (χ0v) is 10.7. The Hall–Kier alpha value is -1.02. The van der Waals surface area contributed by atoms with E-state index in [0.29, 0.717) is 6.04 Å². The summed E-state index contributed by atoms with van der Waals surface area (Å²) in [5, 5.41) is 3.65. The van der Waals surface area contributed by atoms with Gasteiger partial charge in [-0.3, -0.25) is 0 Å². The Morgan fingerprint density at radius 2 is 2.00 bits per heavy atom. The van der Waals surface area contributed by atoms with Crippen molar-refractivity contribution in [1.82, 2.24) is 4.90 Å². The van der Waals surface area contributed by atoms with Gasteiger partial charge in [-0.2, -0.15) is 0 Å². The molecule has 0 saturated carbocycles. The van der Waals surface area contributed by atoms with Crippen molar-refractivity contribution in [2.45, 2.75) is 32.2 Å². The van der Waals surface area contributed by atoms with Crippen LogP contribution in [0.15, 0.2) is 24.3 Å². The van der Waals surface area contributed by atoms with E-state index in [1.807, 2.05) is 0 Å². The molecule has 1 aromatic carbocycles. The number of nitrogens with zero attached hydrogens (tertiary/aromatic N) is 1. The second-order valence-corrected chi connectivity index (χ2v) is 5.69. The molecule has 3 rings (SSSR count). The highest BCUT2D eigenvalue weighted by Crippen LogP contribution is 2.26. The van der Waals surface area contributed by atoms with Crippen molar-refractivity contribution in [2.24, 2.45) is 5.92 Å². The molecule has 0 spiro atoms. The molecule has 2 aliphatic heterocycles. The molecule has 1 aromatic rings. The van der Waals surface area contributed by atoms with E-state index in [2.05, 4.69) is 41.4 Å².